The van der Waals surface area contributed by atoms with Gasteiger partial charge in [-0.05, 0) is 38.1 Å². The van der Waals surface area contributed by atoms with E-state index in [0.29, 0.717) is 17.6 Å². The van der Waals surface area contributed by atoms with Gasteiger partial charge in [0.2, 0.25) is 5.91 Å². The molecule has 24 heavy (non-hydrogen) atoms. The van der Waals surface area contributed by atoms with Gasteiger partial charge in [0, 0.05) is 17.5 Å². The number of benzene rings is 1. The molecule has 7 heteroatoms. The molecule has 0 unspecified atom stereocenters. The van der Waals surface area contributed by atoms with Crippen LogP contribution in [0.4, 0.5) is 5.13 Å². The molecule has 3 heterocycles. The first-order chi connectivity index (χ1) is 11.8. The quantitative estimate of drug-likeness (QED) is 0.765. The van der Waals surface area contributed by atoms with Crippen LogP contribution in [-0.4, -0.2) is 45.4 Å². The van der Waals surface area contributed by atoms with E-state index in [1.54, 1.807) is 6.20 Å². The van der Waals surface area contributed by atoms with E-state index in [1.807, 2.05) is 23.6 Å². The van der Waals surface area contributed by atoms with Crippen molar-refractivity contribution in [1.29, 1.82) is 0 Å². The Hall–Kier alpha value is -2.25. The first kappa shape index (κ1) is 15.3. The number of likely N-dealkylation sites (tertiary alicyclic amines) is 1. The predicted molar refractivity (Wildman–Crippen MR) is 95.3 cm³/mol. The highest BCUT2D eigenvalue weighted by Crippen LogP contribution is 2.27. The van der Waals surface area contributed by atoms with E-state index in [1.165, 1.54) is 11.3 Å². The molecule has 2 aromatic heterocycles. The van der Waals surface area contributed by atoms with Gasteiger partial charge < -0.3 is 10.3 Å². The number of fused-ring (bicyclic) bond motifs is 1. The van der Waals surface area contributed by atoms with Crippen LogP contribution in [0.15, 0.2) is 35.8 Å². The van der Waals surface area contributed by atoms with Crippen LogP contribution in [0.2, 0.25) is 0 Å². The minimum absolute atomic E-state index is 0.00661. The van der Waals surface area contributed by atoms with Crippen molar-refractivity contribution in [2.45, 2.75) is 18.8 Å². The molecule has 0 spiro atoms. The third-order valence-electron chi connectivity index (χ3n) is 4.43. The van der Waals surface area contributed by atoms with Crippen molar-refractivity contribution in [2.75, 3.05) is 25.0 Å². The van der Waals surface area contributed by atoms with Gasteiger partial charge >= 0.3 is 0 Å². The van der Waals surface area contributed by atoms with Crippen LogP contribution in [0.3, 0.4) is 0 Å². The summed E-state index contributed by atoms with van der Waals surface area (Å²) in [6, 6.07) is 8.13. The van der Waals surface area contributed by atoms with E-state index < -0.39 is 0 Å². The molecular weight excluding hydrogens is 322 g/mol. The third-order valence-corrected chi connectivity index (χ3v) is 5.12. The smallest absolute Gasteiger partial charge is 0.240 e. The zero-order chi connectivity index (χ0) is 16.4. The zero-order valence-corrected chi connectivity index (χ0v) is 14.1. The van der Waals surface area contributed by atoms with Crippen molar-refractivity contribution < 1.29 is 4.79 Å². The van der Waals surface area contributed by atoms with E-state index in [9.17, 15) is 4.79 Å². The number of hydrogen-bond acceptors (Lipinski definition) is 5. The van der Waals surface area contributed by atoms with Crippen LogP contribution in [0.1, 0.15) is 24.6 Å². The average Bonchev–Trinajstić information content (AvgIpc) is 3.24. The van der Waals surface area contributed by atoms with E-state index in [2.05, 4.69) is 26.3 Å². The first-order valence-corrected chi connectivity index (χ1v) is 9.02. The van der Waals surface area contributed by atoms with Crippen LogP contribution in [-0.2, 0) is 4.79 Å². The standard InChI is InChI=1S/C17H19N5OS/c23-15(21-17-18-7-10-24-17)11-22-8-5-12(6-9-22)16-19-13-3-1-2-4-14(13)20-16/h1-4,7,10,12H,5-6,8-9,11H2,(H,19,20)(H,18,21,23). The summed E-state index contributed by atoms with van der Waals surface area (Å²) in [5, 5.41) is 5.36. The van der Waals surface area contributed by atoms with Crippen molar-refractivity contribution in [1.82, 2.24) is 19.9 Å². The molecule has 3 aromatic rings. The van der Waals surface area contributed by atoms with Gasteiger partial charge in [-0.15, -0.1) is 11.3 Å². The first-order valence-electron chi connectivity index (χ1n) is 8.14. The Balaban J connectivity index is 1.32. The Bertz CT molecular complexity index is 788. The summed E-state index contributed by atoms with van der Waals surface area (Å²) in [6.07, 6.45) is 3.73. The maximum absolute atomic E-state index is 12.0. The molecule has 2 N–H and O–H groups in total. The molecule has 0 aliphatic carbocycles. The third kappa shape index (κ3) is 3.32. The van der Waals surface area contributed by atoms with E-state index in [4.69, 9.17) is 4.98 Å². The van der Waals surface area contributed by atoms with Gasteiger partial charge in [-0.3, -0.25) is 9.69 Å². The molecule has 1 aliphatic rings. The zero-order valence-electron chi connectivity index (χ0n) is 13.2. The number of carbonyl (C=O) groups excluding carboxylic acids is 1. The lowest BCUT2D eigenvalue weighted by atomic mass is 9.96. The van der Waals surface area contributed by atoms with Crippen molar-refractivity contribution in [3.63, 3.8) is 0 Å². The SMILES string of the molecule is O=C(CN1CCC(c2nc3ccccc3[nH]2)CC1)Nc1nccs1. The molecule has 1 aliphatic heterocycles. The molecule has 0 saturated carbocycles. The summed E-state index contributed by atoms with van der Waals surface area (Å²) < 4.78 is 0. The molecule has 0 bridgehead atoms. The Kier molecular flexibility index (Phi) is 4.27. The van der Waals surface area contributed by atoms with Crippen molar-refractivity contribution in [3.05, 3.63) is 41.7 Å². The largest absolute Gasteiger partial charge is 0.342 e. The Morgan fingerprint density at radius 3 is 2.92 bits per heavy atom. The topological polar surface area (TPSA) is 73.9 Å². The Morgan fingerprint density at radius 2 is 2.17 bits per heavy atom. The van der Waals surface area contributed by atoms with Crippen LogP contribution >= 0.6 is 11.3 Å². The monoisotopic (exact) mass is 341 g/mol. The van der Waals surface area contributed by atoms with Gasteiger partial charge in [-0.25, -0.2) is 9.97 Å². The minimum Gasteiger partial charge on any atom is -0.342 e. The Morgan fingerprint density at radius 1 is 1.33 bits per heavy atom. The lowest BCUT2D eigenvalue weighted by molar-refractivity contribution is -0.117. The fraction of sp³-hybridized carbons (Fsp3) is 0.353. The van der Waals surface area contributed by atoms with E-state index in [-0.39, 0.29) is 5.91 Å². The number of aromatic nitrogens is 3. The molecule has 1 amide bonds. The number of hydrogen-bond donors (Lipinski definition) is 2. The molecule has 124 valence electrons. The molecule has 6 nitrogen and oxygen atoms in total. The van der Waals surface area contributed by atoms with Crippen molar-refractivity contribution in [3.8, 4) is 0 Å². The number of piperidine rings is 1. The molecule has 4 rings (SSSR count). The number of para-hydroxylation sites is 2. The molecule has 1 aromatic carbocycles. The molecule has 1 fully saturated rings. The number of nitrogens with one attached hydrogen (secondary N) is 2. The van der Waals surface area contributed by atoms with E-state index in [0.717, 1.165) is 42.8 Å². The molecular formula is C17H19N5OS. The van der Waals surface area contributed by atoms with Gasteiger partial charge in [-0.2, -0.15) is 0 Å². The number of amides is 1. The van der Waals surface area contributed by atoms with Gasteiger partial charge in [0.25, 0.3) is 0 Å². The van der Waals surface area contributed by atoms with Crippen LogP contribution in [0, 0.1) is 0 Å². The minimum atomic E-state index is 0.00661. The number of rotatable bonds is 4. The van der Waals surface area contributed by atoms with Gasteiger partial charge in [-0.1, -0.05) is 12.1 Å². The van der Waals surface area contributed by atoms with Crippen molar-refractivity contribution in [2.24, 2.45) is 0 Å². The molecule has 1 saturated heterocycles. The summed E-state index contributed by atoms with van der Waals surface area (Å²) >= 11 is 1.44. The number of nitrogens with zero attached hydrogens (tertiary/aromatic N) is 3. The fourth-order valence-electron chi connectivity index (χ4n) is 3.18. The van der Waals surface area contributed by atoms with E-state index >= 15 is 0 Å². The summed E-state index contributed by atoms with van der Waals surface area (Å²) in [5.41, 5.74) is 2.12. The van der Waals surface area contributed by atoms with Crippen LogP contribution in [0.5, 0.6) is 0 Å². The maximum Gasteiger partial charge on any atom is 0.240 e. The second kappa shape index (κ2) is 6.70. The lowest BCUT2D eigenvalue weighted by Crippen LogP contribution is -2.38. The predicted octanol–water partition coefficient (Wildman–Crippen LogP) is 2.84. The second-order valence-corrected chi connectivity index (χ2v) is 6.97. The van der Waals surface area contributed by atoms with Crippen LogP contribution in [0.25, 0.3) is 11.0 Å². The van der Waals surface area contributed by atoms with Crippen molar-refractivity contribution >= 4 is 33.4 Å². The maximum atomic E-state index is 12.0. The number of H-pyrrole nitrogens is 1. The normalized spacial score (nSPS) is 16.5. The lowest BCUT2D eigenvalue weighted by Gasteiger charge is -2.30. The van der Waals surface area contributed by atoms with Gasteiger partial charge in [0.05, 0.1) is 17.6 Å². The molecule has 0 atom stereocenters. The number of anilines is 1. The summed E-state index contributed by atoms with van der Waals surface area (Å²) in [5.74, 6) is 1.52. The summed E-state index contributed by atoms with van der Waals surface area (Å²) in [6.45, 7) is 2.24. The summed E-state index contributed by atoms with van der Waals surface area (Å²) in [4.78, 5) is 26.5. The fourth-order valence-corrected chi connectivity index (χ4v) is 3.72. The van der Waals surface area contributed by atoms with Gasteiger partial charge in [0.15, 0.2) is 5.13 Å². The number of carbonyl (C=O) groups is 1. The number of aromatic amines is 1. The molecule has 0 radical (unpaired) electrons. The Labute approximate surface area is 143 Å². The van der Waals surface area contributed by atoms with Gasteiger partial charge in [0.1, 0.15) is 5.82 Å². The second-order valence-electron chi connectivity index (χ2n) is 6.08. The highest BCUT2D eigenvalue weighted by molar-refractivity contribution is 7.13. The number of thiazole rings is 1. The van der Waals surface area contributed by atoms with Crippen LogP contribution < -0.4 is 5.32 Å². The highest BCUT2D eigenvalue weighted by atomic mass is 32.1. The number of imidazole rings is 1. The summed E-state index contributed by atoms with van der Waals surface area (Å²) in [7, 11) is 0. The highest BCUT2D eigenvalue weighted by Gasteiger charge is 2.24. The average molecular weight is 341 g/mol.